The van der Waals surface area contributed by atoms with Gasteiger partial charge in [-0.25, -0.2) is 9.97 Å². The molecule has 0 bridgehead atoms. The number of amides is 1. The average molecular weight is 412 g/mol. The zero-order valence-electron chi connectivity index (χ0n) is 14.9. The molecule has 0 aliphatic heterocycles. The molecular weight excluding hydrogens is 396 g/mol. The van der Waals surface area contributed by atoms with Gasteiger partial charge in [0.15, 0.2) is 10.8 Å². The zero-order valence-corrected chi connectivity index (χ0v) is 16.5. The topological polar surface area (TPSA) is 105 Å². The van der Waals surface area contributed by atoms with Gasteiger partial charge < -0.3 is 5.32 Å². The second-order valence-corrected chi connectivity index (χ2v) is 7.87. The Morgan fingerprint density at radius 2 is 2.21 bits per heavy atom. The lowest BCUT2D eigenvalue weighted by atomic mass is 10.2. The number of nitrogens with one attached hydrogen (secondary N) is 2. The number of thiazole rings is 1. The number of aromatic amines is 1. The summed E-state index contributed by atoms with van der Waals surface area (Å²) in [5.74, 6) is 1.95. The Kier molecular flexibility index (Phi) is 5.22. The van der Waals surface area contributed by atoms with Crippen molar-refractivity contribution < 1.29 is 4.79 Å². The minimum Gasteiger partial charge on any atom is -0.325 e. The first kappa shape index (κ1) is 18.4. The van der Waals surface area contributed by atoms with Crippen LogP contribution in [0.4, 0.5) is 5.69 Å². The number of carbonyl (C=O) groups excluding carboxylic acids is 1. The lowest BCUT2D eigenvalue weighted by Crippen LogP contribution is -2.15. The van der Waals surface area contributed by atoms with E-state index in [9.17, 15) is 9.59 Å². The van der Waals surface area contributed by atoms with E-state index < -0.39 is 0 Å². The molecule has 3 heterocycles. The molecule has 0 spiro atoms. The van der Waals surface area contributed by atoms with Crippen molar-refractivity contribution in [3.05, 3.63) is 63.8 Å². The molecule has 0 atom stereocenters. The Hall–Kier alpha value is -2.98. The number of hydrogen-bond acceptors (Lipinski definition) is 7. The van der Waals surface area contributed by atoms with Crippen molar-refractivity contribution in [2.24, 2.45) is 0 Å². The second kappa shape index (κ2) is 7.95. The maximum atomic E-state index is 12.2. The van der Waals surface area contributed by atoms with Crippen molar-refractivity contribution in [3.63, 3.8) is 0 Å². The standard InChI is InChI=1S/C18H16N6O2S2/c1-11-19-17(23-22-11)12-3-2-4-13(7-12)20-15(25)10-27-9-14-8-16(26)24-5-6-28-18(24)21-14/h2-8H,9-10H2,1H3,(H,20,25)(H,19,22,23). The van der Waals surface area contributed by atoms with Crippen molar-refractivity contribution in [2.75, 3.05) is 11.1 Å². The highest BCUT2D eigenvalue weighted by molar-refractivity contribution is 7.99. The summed E-state index contributed by atoms with van der Waals surface area (Å²) in [4.78, 5) is 33.6. The van der Waals surface area contributed by atoms with E-state index in [1.54, 1.807) is 6.20 Å². The molecule has 0 radical (unpaired) electrons. The highest BCUT2D eigenvalue weighted by Gasteiger charge is 2.08. The van der Waals surface area contributed by atoms with Crippen LogP contribution in [-0.4, -0.2) is 36.2 Å². The number of nitrogens with zero attached hydrogens (tertiary/aromatic N) is 4. The summed E-state index contributed by atoms with van der Waals surface area (Å²) in [5, 5.41) is 11.6. The van der Waals surface area contributed by atoms with Crippen LogP contribution in [-0.2, 0) is 10.5 Å². The first-order valence-corrected chi connectivity index (χ1v) is 10.4. The van der Waals surface area contributed by atoms with Crippen LogP contribution >= 0.6 is 23.1 Å². The summed E-state index contributed by atoms with van der Waals surface area (Å²) >= 11 is 2.82. The normalized spacial score (nSPS) is 11.0. The van der Waals surface area contributed by atoms with E-state index in [1.807, 2.05) is 36.6 Å². The van der Waals surface area contributed by atoms with Gasteiger partial charge in [0.2, 0.25) is 5.91 Å². The van der Waals surface area contributed by atoms with E-state index in [0.29, 0.717) is 27.9 Å². The molecule has 0 aliphatic carbocycles. The number of aryl methyl sites for hydroxylation is 1. The lowest BCUT2D eigenvalue weighted by Gasteiger charge is -2.06. The molecule has 0 aliphatic rings. The maximum absolute atomic E-state index is 12.2. The molecule has 2 N–H and O–H groups in total. The van der Waals surface area contributed by atoms with Crippen molar-refractivity contribution in [1.29, 1.82) is 0 Å². The highest BCUT2D eigenvalue weighted by atomic mass is 32.2. The maximum Gasteiger partial charge on any atom is 0.258 e. The van der Waals surface area contributed by atoms with E-state index in [-0.39, 0.29) is 17.2 Å². The van der Waals surface area contributed by atoms with Crippen LogP contribution in [0.5, 0.6) is 0 Å². The summed E-state index contributed by atoms with van der Waals surface area (Å²) in [6, 6.07) is 8.89. The molecule has 8 nitrogen and oxygen atoms in total. The predicted molar refractivity (Wildman–Crippen MR) is 111 cm³/mol. The van der Waals surface area contributed by atoms with Crippen molar-refractivity contribution in [2.45, 2.75) is 12.7 Å². The van der Waals surface area contributed by atoms with E-state index in [0.717, 1.165) is 11.4 Å². The Morgan fingerprint density at radius 1 is 1.32 bits per heavy atom. The molecule has 0 unspecified atom stereocenters. The average Bonchev–Trinajstić information content (AvgIpc) is 3.31. The predicted octanol–water partition coefficient (Wildman–Crippen LogP) is 2.72. The largest absolute Gasteiger partial charge is 0.325 e. The Balaban J connectivity index is 1.35. The van der Waals surface area contributed by atoms with Gasteiger partial charge in [0.25, 0.3) is 5.56 Å². The summed E-state index contributed by atoms with van der Waals surface area (Å²) in [6.45, 7) is 1.83. The van der Waals surface area contributed by atoms with Gasteiger partial charge >= 0.3 is 0 Å². The van der Waals surface area contributed by atoms with E-state index >= 15 is 0 Å². The van der Waals surface area contributed by atoms with Crippen LogP contribution in [0.2, 0.25) is 0 Å². The molecule has 1 aromatic carbocycles. The van der Waals surface area contributed by atoms with Gasteiger partial charge in [0, 0.05) is 34.6 Å². The fourth-order valence-corrected chi connectivity index (χ4v) is 4.07. The molecule has 4 aromatic rings. The van der Waals surface area contributed by atoms with Crippen LogP contribution in [0.25, 0.3) is 16.3 Å². The van der Waals surface area contributed by atoms with Gasteiger partial charge in [-0.1, -0.05) is 12.1 Å². The van der Waals surface area contributed by atoms with Gasteiger partial charge in [-0.3, -0.25) is 19.1 Å². The van der Waals surface area contributed by atoms with Gasteiger partial charge in [-0.15, -0.1) is 23.1 Å². The smallest absolute Gasteiger partial charge is 0.258 e. The summed E-state index contributed by atoms with van der Waals surface area (Å²) in [7, 11) is 0. The third kappa shape index (κ3) is 4.12. The first-order valence-electron chi connectivity index (χ1n) is 8.41. The number of hydrogen-bond donors (Lipinski definition) is 2. The number of aromatic nitrogens is 5. The van der Waals surface area contributed by atoms with Crippen molar-refractivity contribution >= 4 is 39.7 Å². The van der Waals surface area contributed by atoms with Crippen LogP contribution in [0, 0.1) is 6.92 Å². The lowest BCUT2D eigenvalue weighted by molar-refractivity contribution is -0.113. The summed E-state index contributed by atoms with van der Waals surface area (Å²) in [6.07, 6.45) is 1.70. The van der Waals surface area contributed by atoms with Crippen LogP contribution in [0.15, 0.2) is 46.7 Å². The van der Waals surface area contributed by atoms with Gasteiger partial charge in [-0.2, -0.15) is 5.10 Å². The van der Waals surface area contributed by atoms with Crippen LogP contribution < -0.4 is 10.9 Å². The molecule has 0 saturated heterocycles. The van der Waals surface area contributed by atoms with Crippen molar-refractivity contribution in [3.8, 4) is 11.4 Å². The number of fused-ring (bicyclic) bond motifs is 1. The van der Waals surface area contributed by atoms with Gasteiger partial charge in [0.05, 0.1) is 11.4 Å². The van der Waals surface area contributed by atoms with E-state index in [4.69, 9.17) is 0 Å². The number of carbonyl (C=O) groups is 1. The number of thioether (sulfide) groups is 1. The fourth-order valence-electron chi connectivity index (χ4n) is 2.61. The zero-order chi connectivity index (χ0) is 19.5. The Bertz CT molecular complexity index is 1200. The van der Waals surface area contributed by atoms with Gasteiger partial charge in [0.1, 0.15) is 5.82 Å². The van der Waals surface area contributed by atoms with E-state index in [1.165, 1.54) is 33.6 Å². The quantitative estimate of drug-likeness (QED) is 0.504. The molecule has 28 heavy (non-hydrogen) atoms. The second-order valence-electron chi connectivity index (χ2n) is 6.01. The minimum absolute atomic E-state index is 0.106. The highest BCUT2D eigenvalue weighted by Crippen LogP contribution is 2.20. The summed E-state index contributed by atoms with van der Waals surface area (Å²) < 4.78 is 1.51. The third-order valence-electron chi connectivity index (χ3n) is 3.84. The van der Waals surface area contributed by atoms with Gasteiger partial charge in [-0.05, 0) is 19.1 Å². The number of anilines is 1. The molecule has 1 amide bonds. The van der Waals surface area contributed by atoms with E-state index in [2.05, 4.69) is 25.5 Å². The molecule has 142 valence electrons. The molecule has 10 heteroatoms. The molecule has 4 rings (SSSR count). The number of rotatable bonds is 6. The van der Waals surface area contributed by atoms with Crippen LogP contribution in [0.3, 0.4) is 0 Å². The summed E-state index contributed by atoms with van der Waals surface area (Å²) in [5.41, 5.74) is 2.07. The number of benzene rings is 1. The third-order valence-corrected chi connectivity index (χ3v) is 5.56. The SMILES string of the molecule is Cc1nc(-c2cccc(NC(=O)CSCc3cc(=O)n4ccsc4n3)c2)n[nH]1. The number of H-pyrrole nitrogens is 1. The monoisotopic (exact) mass is 412 g/mol. The Labute approximate surface area is 168 Å². The first-order chi connectivity index (χ1) is 13.6. The Morgan fingerprint density at radius 3 is 3.04 bits per heavy atom. The minimum atomic E-state index is -0.123. The molecule has 0 saturated carbocycles. The van der Waals surface area contributed by atoms with Crippen molar-refractivity contribution in [1.82, 2.24) is 24.6 Å². The fraction of sp³-hybridized carbons (Fsp3) is 0.167. The molecule has 3 aromatic heterocycles. The molecular formula is C18H16N6O2S2. The van der Waals surface area contributed by atoms with Crippen LogP contribution in [0.1, 0.15) is 11.5 Å². The molecule has 0 fully saturated rings.